The number of fused-ring (bicyclic) bond motifs is 6. The lowest BCUT2D eigenvalue weighted by Crippen LogP contribution is -2.10. The van der Waals surface area contributed by atoms with E-state index in [1.165, 1.54) is 54.6 Å². The first-order valence-electron chi connectivity index (χ1n) is 22.1. The molecule has 0 aliphatic heterocycles. The maximum absolute atomic E-state index is 13.6. The first-order chi connectivity index (χ1) is 32.4. The topological polar surface area (TPSA) is 8.17 Å². The molecular formula is C61H39F3N2. The van der Waals surface area contributed by atoms with Gasteiger partial charge in [-0.2, -0.15) is 13.2 Å². The second kappa shape index (κ2) is 15.7. The lowest BCUT2D eigenvalue weighted by Gasteiger charge is -2.26. The summed E-state index contributed by atoms with van der Waals surface area (Å²) in [7, 11) is 0. The third kappa shape index (κ3) is 6.59. The van der Waals surface area contributed by atoms with Crippen molar-refractivity contribution in [3.63, 3.8) is 0 Å². The number of aromatic nitrogens is 1. The van der Waals surface area contributed by atoms with Crippen LogP contribution in [-0.4, -0.2) is 4.57 Å². The van der Waals surface area contributed by atoms with E-state index >= 15 is 0 Å². The van der Waals surface area contributed by atoms with Crippen molar-refractivity contribution < 1.29 is 13.2 Å². The SMILES string of the molecule is FC(F)(F)c1ccc(-n2c3ccccc3c3cc(N(c4ccc(-c5cccc6ccccc56)cc4)c4ccc(-c5c6ccccc6c(-c6ccccc6)c6ccccc56)cc4)ccc32)cc1. The highest BCUT2D eigenvalue weighted by atomic mass is 19.4. The van der Waals surface area contributed by atoms with Gasteiger partial charge in [0.1, 0.15) is 0 Å². The molecule has 0 radical (unpaired) electrons. The van der Waals surface area contributed by atoms with Crippen LogP contribution in [-0.2, 0) is 6.18 Å². The minimum absolute atomic E-state index is 0.662. The summed E-state index contributed by atoms with van der Waals surface area (Å²) >= 11 is 0. The van der Waals surface area contributed by atoms with Gasteiger partial charge in [0.05, 0.1) is 16.6 Å². The van der Waals surface area contributed by atoms with E-state index < -0.39 is 11.7 Å². The molecule has 0 aliphatic rings. The standard InChI is InChI=1S/C61H39F3N2/c62-61(63,64)44-29-35-47(36-30-44)66-57-24-11-10-18-51(57)56-39-48(37-38-58(56)66)65(45-31-25-41(26-32-45)50-23-12-16-40-13-4-5-17-49(40)50)46-33-27-43(28-34-46)60-54-21-8-6-19-52(54)59(42-14-2-1-3-15-42)53-20-7-9-22-55(53)60/h1-39H. The number of anilines is 3. The molecule has 0 amide bonds. The molecule has 11 aromatic carbocycles. The summed E-state index contributed by atoms with van der Waals surface area (Å²) in [6.07, 6.45) is -4.42. The van der Waals surface area contributed by atoms with Gasteiger partial charge in [0.25, 0.3) is 0 Å². The lowest BCUT2D eigenvalue weighted by atomic mass is 9.86. The number of halogens is 3. The summed E-state index contributed by atoms with van der Waals surface area (Å²) in [4.78, 5) is 2.29. The number of nitrogens with zero attached hydrogens (tertiary/aromatic N) is 2. The Morgan fingerprint density at radius 3 is 1.41 bits per heavy atom. The van der Waals surface area contributed by atoms with Crippen LogP contribution in [0.1, 0.15) is 5.56 Å². The number of rotatable bonds is 7. The van der Waals surface area contributed by atoms with Gasteiger partial charge in [-0.15, -0.1) is 0 Å². The minimum Gasteiger partial charge on any atom is -0.310 e. The zero-order valence-electron chi connectivity index (χ0n) is 35.5. The second-order valence-corrected chi connectivity index (χ2v) is 16.8. The molecule has 0 saturated heterocycles. The van der Waals surface area contributed by atoms with Crippen LogP contribution in [0.4, 0.5) is 30.2 Å². The van der Waals surface area contributed by atoms with Gasteiger partial charge in [-0.05, 0) is 138 Å². The Morgan fingerprint density at radius 2 is 0.803 bits per heavy atom. The molecule has 0 aliphatic carbocycles. The van der Waals surface area contributed by atoms with Crippen molar-refractivity contribution in [2.24, 2.45) is 0 Å². The van der Waals surface area contributed by atoms with E-state index in [0.29, 0.717) is 5.69 Å². The molecule has 0 unspecified atom stereocenters. The Hall–Kier alpha value is -8.41. The molecule has 1 heterocycles. The average Bonchev–Trinajstić information content (AvgIpc) is 3.70. The Bertz CT molecular complexity index is 3710. The van der Waals surface area contributed by atoms with Gasteiger partial charge in [0.2, 0.25) is 0 Å². The van der Waals surface area contributed by atoms with E-state index in [4.69, 9.17) is 0 Å². The van der Waals surface area contributed by atoms with Crippen molar-refractivity contribution in [3.05, 3.63) is 242 Å². The molecule has 0 N–H and O–H groups in total. The molecule has 5 heteroatoms. The summed E-state index contributed by atoms with van der Waals surface area (Å²) in [5.74, 6) is 0. The van der Waals surface area contributed by atoms with E-state index in [9.17, 15) is 13.2 Å². The highest BCUT2D eigenvalue weighted by Gasteiger charge is 2.30. The predicted molar refractivity (Wildman–Crippen MR) is 269 cm³/mol. The van der Waals surface area contributed by atoms with Gasteiger partial charge in [-0.3, -0.25) is 0 Å². The maximum Gasteiger partial charge on any atom is 0.416 e. The molecule has 0 saturated carbocycles. The third-order valence-corrected chi connectivity index (χ3v) is 13.0. The van der Waals surface area contributed by atoms with Crippen LogP contribution in [0.5, 0.6) is 0 Å². The summed E-state index contributed by atoms with van der Waals surface area (Å²) in [6.45, 7) is 0. The van der Waals surface area contributed by atoms with Crippen molar-refractivity contribution in [2.45, 2.75) is 6.18 Å². The van der Waals surface area contributed by atoms with Crippen molar-refractivity contribution in [1.29, 1.82) is 0 Å². The molecule has 12 rings (SSSR count). The summed E-state index contributed by atoms with van der Waals surface area (Å²) in [5, 5.41) is 9.20. The van der Waals surface area contributed by atoms with Crippen LogP contribution in [0.15, 0.2) is 237 Å². The van der Waals surface area contributed by atoms with Crippen LogP contribution < -0.4 is 4.90 Å². The Balaban J connectivity index is 1.02. The first kappa shape index (κ1) is 39.2. The Kier molecular flexibility index (Phi) is 9.32. The molecule has 2 nitrogen and oxygen atoms in total. The van der Waals surface area contributed by atoms with Crippen LogP contribution in [0.2, 0.25) is 0 Å². The van der Waals surface area contributed by atoms with Crippen LogP contribution in [0.25, 0.3) is 93.2 Å². The van der Waals surface area contributed by atoms with Crippen LogP contribution in [0, 0.1) is 0 Å². The molecule has 0 spiro atoms. The first-order valence-corrected chi connectivity index (χ1v) is 22.1. The summed E-state index contributed by atoms with van der Waals surface area (Å²) in [5.41, 5.74) is 11.8. The van der Waals surface area contributed by atoms with Crippen molar-refractivity contribution in [1.82, 2.24) is 4.57 Å². The van der Waals surface area contributed by atoms with E-state index in [0.717, 1.165) is 62.1 Å². The van der Waals surface area contributed by atoms with Gasteiger partial charge in [-0.1, -0.05) is 164 Å². The number of benzene rings is 11. The number of para-hydroxylation sites is 1. The predicted octanol–water partition coefficient (Wildman–Crippen LogP) is 17.7. The van der Waals surface area contributed by atoms with Crippen LogP contribution >= 0.6 is 0 Å². The van der Waals surface area contributed by atoms with Crippen molar-refractivity contribution >= 4 is 71.2 Å². The molecule has 1 aromatic heterocycles. The molecule has 66 heavy (non-hydrogen) atoms. The van der Waals surface area contributed by atoms with Crippen molar-refractivity contribution in [2.75, 3.05) is 4.90 Å². The van der Waals surface area contributed by atoms with Gasteiger partial charge in [0, 0.05) is 33.5 Å². The highest BCUT2D eigenvalue weighted by molar-refractivity contribution is 6.21. The average molecular weight is 857 g/mol. The van der Waals surface area contributed by atoms with E-state index in [-0.39, 0.29) is 0 Å². The molecule has 0 bridgehead atoms. The van der Waals surface area contributed by atoms with Gasteiger partial charge in [0.15, 0.2) is 0 Å². The van der Waals surface area contributed by atoms with Gasteiger partial charge >= 0.3 is 6.18 Å². The Morgan fingerprint density at radius 1 is 0.333 bits per heavy atom. The minimum atomic E-state index is -4.42. The smallest absolute Gasteiger partial charge is 0.310 e. The third-order valence-electron chi connectivity index (χ3n) is 13.0. The van der Waals surface area contributed by atoms with E-state index in [2.05, 4.69) is 199 Å². The largest absolute Gasteiger partial charge is 0.416 e. The zero-order valence-corrected chi connectivity index (χ0v) is 35.5. The fraction of sp³-hybridized carbons (Fsp3) is 0.0164. The molecule has 0 fully saturated rings. The lowest BCUT2D eigenvalue weighted by molar-refractivity contribution is -0.137. The fourth-order valence-corrected chi connectivity index (χ4v) is 10.0. The fourth-order valence-electron chi connectivity index (χ4n) is 10.0. The number of alkyl halides is 3. The molecule has 12 aromatic rings. The van der Waals surface area contributed by atoms with E-state index in [1.807, 2.05) is 22.8 Å². The normalized spacial score (nSPS) is 11.9. The quantitative estimate of drug-likeness (QED) is 0.145. The zero-order chi connectivity index (χ0) is 44.4. The summed E-state index contributed by atoms with van der Waals surface area (Å²) < 4.78 is 42.9. The number of hydrogen-bond acceptors (Lipinski definition) is 1. The van der Waals surface area contributed by atoms with Crippen molar-refractivity contribution in [3.8, 4) is 39.1 Å². The summed E-state index contributed by atoms with van der Waals surface area (Å²) in [6, 6.07) is 80.5. The van der Waals surface area contributed by atoms with Gasteiger partial charge in [-0.25, -0.2) is 0 Å². The van der Waals surface area contributed by atoms with E-state index in [1.54, 1.807) is 12.1 Å². The van der Waals surface area contributed by atoms with Crippen LogP contribution in [0.3, 0.4) is 0 Å². The molecule has 314 valence electrons. The highest BCUT2D eigenvalue weighted by Crippen LogP contribution is 2.46. The monoisotopic (exact) mass is 856 g/mol. The molecule has 0 atom stereocenters. The second-order valence-electron chi connectivity index (χ2n) is 16.8. The molecular weight excluding hydrogens is 818 g/mol. The maximum atomic E-state index is 13.6. The number of hydrogen-bond donors (Lipinski definition) is 0. The Labute approximate surface area is 379 Å². The van der Waals surface area contributed by atoms with Gasteiger partial charge < -0.3 is 9.47 Å².